The van der Waals surface area contributed by atoms with E-state index < -0.39 is 0 Å². The summed E-state index contributed by atoms with van der Waals surface area (Å²) in [6.07, 6.45) is 5.57. The zero-order chi connectivity index (χ0) is 14.5. The second-order valence-electron chi connectivity index (χ2n) is 4.84. The van der Waals surface area contributed by atoms with E-state index in [4.69, 9.17) is 0 Å². The summed E-state index contributed by atoms with van der Waals surface area (Å²) in [6.45, 7) is 3.05. The highest BCUT2D eigenvalue weighted by Gasteiger charge is 2.15. The van der Waals surface area contributed by atoms with Gasteiger partial charge in [0.25, 0.3) is 0 Å². The molecule has 0 aliphatic heterocycles. The number of benzene rings is 1. The summed E-state index contributed by atoms with van der Waals surface area (Å²) in [7, 11) is 1.99. The molecule has 3 nitrogen and oxygen atoms in total. The van der Waals surface area contributed by atoms with E-state index in [1.807, 2.05) is 29.9 Å². The number of aryl methyl sites for hydroxylation is 1. The number of nitrogens with one attached hydrogen (secondary N) is 1. The number of hydrogen-bond donors (Lipinski definition) is 1. The van der Waals surface area contributed by atoms with Crippen LogP contribution < -0.4 is 5.32 Å². The van der Waals surface area contributed by atoms with Crippen LogP contribution in [0.15, 0.2) is 35.1 Å². The molecule has 0 fully saturated rings. The van der Waals surface area contributed by atoms with Crippen molar-refractivity contribution in [1.82, 2.24) is 14.9 Å². The Morgan fingerprint density at radius 2 is 2.25 bits per heavy atom. The molecule has 0 bridgehead atoms. The molecule has 20 heavy (non-hydrogen) atoms. The van der Waals surface area contributed by atoms with Crippen LogP contribution in [0.25, 0.3) is 0 Å². The molecule has 0 radical (unpaired) electrons. The van der Waals surface area contributed by atoms with Gasteiger partial charge in [0, 0.05) is 31.9 Å². The molecule has 2 aromatic rings. The summed E-state index contributed by atoms with van der Waals surface area (Å²) < 4.78 is 15.9. The van der Waals surface area contributed by atoms with Gasteiger partial charge < -0.3 is 9.88 Å². The highest BCUT2D eigenvalue weighted by Crippen LogP contribution is 2.23. The summed E-state index contributed by atoms with van der Waals surface area (Å²) >= 11 is 3.25. The predicted molar refractivity (Wildman–Crippen MR) is 82.0 cm³/mol. The number of imidazole rings is 1. The average molecular weight is 340 g/mol. The highest BCUT2D eigenvalue weighted by atomic mass is 79.9. The van der Waals surface area contributed by atoms with Crippen molar-refractivity contribution in [2.24, 2.45) is 7.05 Å². The first kappa shape index (κ1) is 15.2. The molecule has 1 heterocycles. The van der Waals surface area contributed by atoms with Gasteiger partial charge in [-0.1, -0.05) is 13.0 Å². The smallest absolute Gasteiger partial charge is 0.137 e. The van der Waals surface area contributed by atoms with E-state index in [1.54, 1.807) is 6.20 Å². The van der Waals surface area contributed by atoms with Crippen LogP contribution in [0.3, 0.4) is 0 Å². The Balaban J connectivity index is 2.22. The molecular formula is C15H19BrFN3. The third-order valence-electron chi connectivity index (χ3n) is 3.29. The van der Waals surface area contributed by atoms with Crippen LogP contribution in [0.5, 0.6) is 0 Å². The second-order valence-corrected chi connectivity index (χ2v) is 5.69. The lowest BCUT2D eigenvalue weighted by molar-refractivity contribution is 0.510. The third kappa shape index (κ3) is 3.67. The Morgan fingerprint density at radius 3 is 2.85 bits per heavy atom. The first-order chi connectivity index (χ1) is 9.61. The molecule has 0 amide bonds. The maximum atomic E-state index is 13.4. The highest BCUT2D eigenvalue weighted by molar-refractivity contribution is 9.10. The monoisotopic (exact) mass is 339 g/mol. The predicted octanol–water partition coefficient (Wildman–Crippen LogP) is 3.61. The first-order valence-electron chi connectivity index (χ1n) is 6.76. The summed E-state index contributed by atoms with van der Waals surface area (Å²) in [6, 6.07) is 5.30. The van der Waals surface area contributed by atoms with Gasteiger partial charge in [-0.25, -0.2) is 9.37 Å². The standard InChI is InChI=1S/C15H19BrFN3/c1-3-6-18-14(10-15-19-7-8-20(15)2)11-4-5-13(17)12(16)9-11/h4-5,7-9,14,18H,3,6,10H2,1-2H3. The molecule has 108 valence electrons. The largest absolute Gasteiger partial charge is 0.338 e. The molecule has 1 atom stereocenters. The Hall–Kier alpha value is -1.20. The van der Waals surface area contributed by atoms with Gasteiger partial charge >= 0.3 is 0 Å². The topological polar surface area (TPSA) is 29.9 Å². The quantitative estimate of drug-likeness (QED) is 0.871. The van der Waals surface area contributed by atoms with Crippen LogP contribution in [-0.4, -0.2) is 16.1 Å². The Kier molecular flexibility index (Phi) is 5.31. The normalized spacial score (nSPS) is 12.6. The van der Waals surface area contributed by atoms with Crippen molar-refractivity contribution in [3.05, 3.63) is 52.3 Å². The van der Waals surface area contributed by atoms with Crippen molar-refractivity contribution in [3.63, 3.8) is 0 Å². The van der Waals surface area contributed by atoms with Gasteiger partial charge in [0.2, 0.25) is 0 Å². The van der Waals surface area contributed by atoms with Gasteiger partial charge in [-0.2, -0.15) is 0 Å². The maximum Gasteiger partial charge on any atom is 0.137 e. The first-order valence-corrected chi connectivity index (χ1v) is 7.55. The average Bonchev–Trinajstić information content (AvgIpc) is 2.83. The Bertz CT molecular complexity index is 568. The molecule has 0 aliphatic rings. The number of aromatic nitrogens is 2. The second kappa shape index (κ2) is 6.99. The zero-order valence-corrected chi connectivity index (χ0v) is 13.3. The molecule has 1 N–H and O–H groups in total. The van der Waals surface area contributed by atoms with E-state index in [0.29, 0.717) is 4.47 Å². The molecule has 5 heteroatoms. The van der Waals surface area contributed by atoms with Crippen molar-refractivity contribution < 1.29 is 4.39 Å². The van der Waals surface area contributed by atoms with Crippen LogP contribution in [-0.2, 0) is 13.5 Å². The van der Waals surface area contributed by atoms with Gasteiger partial charge in [0.1, 0.15) is 11.6 Å². The van der Waals surface area contributed by atoms with Gasteiger partial charge in [0.05, 0.1) is 4.47 Å². The molecular weight excluding hydrogens is 321 g/mol. The van der Waals surface area contributed by atoms with Crippen LogP contribution in [0.2, 0.25) is 0 Å². The summed E-state index contributed by atoms with van der Waals surface area (Å²) in [5.41, 5.74) is 1.06. The molecule has 0 aliphatic carbocycles. The molecule has 0 saturated carbocycles. The summed E-state index contributed by atoms with van der Waals surface area (Å²) in [5.74, 6) is 0.777. The number of halogens is 2. The fourth-order valence-electron chi connectivity index (χ4n) is 2.13. The molecule has 1 aromatic carbocycles. The molecule has 0 spiro atoms. The minimum Gasteiger partial charge on any atom is -0.338 e. The molecule has 0 saturated heterocycles. The van der Waals surface area contributed by atoms with Gasteiger partial charge in [0.15, 0.2) is 0 Å². The van der Waals surface area contributed by atoms with E-state index in [-0.39, 0.29) is 11.9 Å². The van der Waals surface area contributed by atoms with Crippen LogP contribution in [0, 0.1) is 5.82 Å². The molecule has 2 rings (SSSR count). The maximum absolute atomic E-state index is 13.4. The minimum atomic E-state index is -0.236. The van der Waals surface area contributed by atoms with E-state index in [9.17, 15) is 4.39 Å². The van der Waals surface area contributed by atoms with Crippen molar-refractivity contribution in [2.75, 3.05) is 6.54 Å². The van der Waals surface area contributed by atoms with E-state index in [2.05, 4.69) is 33.2 Å². The number of hydrogen-bond acceptors (Lipinski definition) is 2. The van der Waals surface area contributed by atoms with Gasteiger partial charge in [-0.05, 0) is 46.6 Å². The summed E-state index contributed by atoms with van der Waals surface area (Å²) in [5, 5.41) is 3.50. The van der Waals surface area contributed by atoms with E-state index in [0.717, 1.165) is 30.8 Å². The lowest BCUT2D eigenvalue weighted by Crippen LogP contribution is -2.25. The van der Waals surface area contributed by atoms with Crippen molar-refractivity contribution in [2.45, 2.75) is 25.8 Å². The van der Waals surface area contributed by atoms with Crippen LogP contribution in [0.1, 0.15) is 30.8 Å². The minimum absolute atomic E-state index is 0.132. The zero-order valence-electron chi connectivity index (χ0n) is 11.7. The summed E-state index contributed by atoms with van der Waals surface area (Å²) in [4.78, 5) is 4.37. The van der Waals surface area contributed by atoms with Crippen LogP contribution in [0.4, 0.5) is 4.39 Å². The van der Waals surface area contributed by atoms with Gasteiger partial charge in [-0.3, -0.25) is 0 Å². The number of rotatable bonds is 6. The fourth-order valence-corrected chi connectivity index (χ4v) is 2.53. The Labute approximate surface area is 127 Å². The number of nitrogens with zero attached hydrogens (tertiary/aromatic N) is 2. The SMILES string of the molecule is CCCNC(Cc1nccn1C)c1ccc(F)c(Br)c1. The van der Waals surface area contributed by atoms with Gasteiger partial charge in [-0.15, -0.1) is 0 Å². The lowest BCUT2D eigenvalue weighted by Gasteiger charge is -2.19. The van der Waals surface area contributed by atoms with Crippen molar-refractivity contribution in [1.29, 1.82) is 0 Å². The molecule has 1 aromatic heterocycles. The fraction of sp³-hybridized carbons (Fsp3) is 0.400. The van der Waals surface area contributed by atoms with E-state index in [1.165, 1.54) is 6.07 Å². The lowest BCUT2D eigenvalue weighted by atomic mass is 10.0. The van der Waals surface area contributed by atoms with Crippen molar-refractivity contribution >= 4 is 15.9 Å². The molecule has 1 unspecified atom stereocenters. The van der Waals surface area contributed by atoms with E-state index >= 15 is 0 Å². The Morgan fingerprint density at radius 1 is 1.45 bits per heavy atom. The van der Waals surface area contributed by atoms with Crippen molar-refractivity contribution in [3.8, 4) is 0 Å². The van der Waals surface area contributed by atoms with Crippen LogP contribution >= 0.6 is 15.9 Å². The third-order valence-corrected chi connectivity index (χ3v) is 3.90.